The normalized spacial score (nSPS) is 10.4. The van der Waals surface area contributed by atoms with Crippen molar-refractivity contribution in [1.29, 1.82) is 0 Å². The number of anilines is 1. The number of nitrogens with two attached hydrogens (primary N) is 1. The Morgan fingerprint density at radius 1 is 1.38 bits per heavy atom. The van der Waals surface area contributed by atoms with Crippen molar-refractivity contribution in [3.63, 3.8) is 0 Å². The van der Waals surface area contributed by atoms with Crippen LogP contribution in [0.15, 0.2) is 41.1 Å². The summed E-state index contributed by atoms with van der Waals surface area (Å²) in [5.74, 6) is 0. The van der Waals surface area contributed by atoms with E-state index in [0.29, 0.717) is 6.54 Å². The molecule has 0 unspecified atom stereocenters. The molecule has 0 aliphatic carbocycles. The van der Waals surface area contributed by atoms with Crippen molar-refractivity contribution in [3.8, 4) is 5.69 Å². The number of para-hydroxylation sites is 1. The molecule has 4 nitrogen and oxygen atoms in total. The fraction of sp³-hybridized carbons (Fsp3) is 0.182. The molecule has 0 aliphatic rings. The second-order valence-corrected chi connectivity index (χ2v) is 4.19. The predicted molar refractivity (Wildman–Crippen MR) is 68.8 cm³/mol. The van der Waals surface area contributed by atoms with Crippen LogP contribution < -0.4 is 11.1 Å². The first-order valence-electron chi connectivity index (χ1n) is 5.05. The summed E-state index contributed by atoms with van der Waals surface area (Å²) in [4.78, 5) is 0. The van der Waals surface area contributed by atoms with Gasteiger partial charge in [-0.1, -0.05) is 12.1 Å². The molecule has 0 saturated carbocycles. The van der Waals surface area contributed by atoms with Gasteiger partial charge >= 0.3 is 0 Å². The van der Waals surface area contributed by atoms with Gasteiger partial charge in [0.15, 0.2) is 0 Å². The molecule has 16 heavy (non-hydrogen) atoms. The van der Waals surface area contributed by atoms with Crippen molar-refractivity contribution in [2.45, 2.75) is 0 Å². The molecule has 0 atom stereocenters. The summed E-state index contributed by atoms with van der Waals surface area (Å²) in [6.07, 6.45) is 3.73. The van der Waals surface area contributed by atoms with E-state index in [2.05, 4.69) is 26.3 Å². The van der Waals surface area contributed by atoms with Crippen LogP contribution >= 0.6 is 15.9 Å². The molecule has 84 valence electrons. The molecule has 0 saturated heterocycles. The maximum absolute atomic E-state index is 5.42. The van der Waals surface area contributed by atoms with E-state index >= 15 is 0 Å². The quantitative estimate of drug-likeness (QED) is 0.901. The van der Waals surface area contributed by atoms with Crippen molar-refractivity contribution in [2.75, 3.05) is 18.4 Å². The first-order chi connectivity index (χ1) is 7.81. The van der Waals surface area contributed by atoms with Gasteiger partial charge in [-0.15, -0.1) is 0 Å². The lowest BCUT2D eigenvalue weighted by Gasteiger charge is -2.03. The fourth-order valence-electron chi connectivity index (χ4n) is 1.40. The molecule has 0 spiro atoms. The summed E-state index contributed by atoms with van der Waals surface area (Å²) in [6.45, 7) is 1.36. The Bertz CT molecular complexity index is 467. The van der Waals surface area contributed by atoms with Gasteiger partial charge in [-0.3, -0.25) is 0 Å². The summed E-state index contributed by atoms with van der Waals surface area (Å²) < 4.78 is 2.84. The van der Waals surface area contributed by atoms with Gasteiger partial charge < -0.3 is 11.1 Å². The number of rotatable bonds is 4. The second kappa shape index (κ2) is 5.14. The molecule has 0 amide bonds. The third kappa shape index (κ3) is 2.43. The van der Waals surface area contributed by atoms with E-state index in [0.717, 1.165) is 22.4 Å². The molecule has 0 bridgehead atoms. The largest absolute Gasteiger partial charge is 0.381 e. The molecule has 2 aromatic rings. The molecule has 0 fully saturated rings. The van der Waals surface area contributed by atoms with Crippen LogP contribution in [-0.2, 0) is 0 Å². The first-order valence-corrected chi connectivity index (χ1v) is 5.84. The van der Waals surface area contributed by atoms with Crippen LogP contribution in [0.1, 0.15) is 0 Å². The molecule has 0 aliphatic heterocycles. The monoisotopic (exact) mass is 280 g/mol. The summed E-state index contributed by atoms with van der Waals surface area (Å²) in [7, 11) is 0. The van der Waals surface area contributed by atoms with Gasteiger partial charge in [-0.25, -0.2) is 4.68 Å². The summed E-state index contributed by atoms with van der Waals surface area (Å²) in [5.41, 5.74) is 7.41. The zero-order chi connectivity index (χ0) is 11.4. The van der Waals surface area contributed by atoms with Crippen molar-refractivity contribution in [1.82, 2.24) is 9.78 Å². The lowest BCUT2D eigenvalue weighted by molar-refractivity contribution is 0.876. The van der Waals surface area contributed by atoms with E-state index in [1.165, 1.54) is 0 Å². The van der Waals surface area contributed by atoms with Crippen LogP contribution in [0.5, 0.6) is 0 Å². The molecular weight excluding hydrogens is 268 g/mol. The lowest BCUT2D eigenvalue weighted by Crippen LogP contribution is -2.12. The molecule has 0 radical (unpaired) electrons. The van der Waals surface area contributed by atoms with Gasteiger partial charge in [0.05, 0.1) is 23.8 Å². The molecule has 1 heterocycles. The van der Waals surface area contributed by atoms with Gasteiger partial charge in [-0.05, 0) is 28.1 Å². The number of hydrogen-bond donors (Lipinski definition) is 2. The van der Waals surface area contributed by atoms with Crippen LogP contribution in [0.3, 0.4) is 0 Å². The van der Waals surface area contributed by atoms with Gasteiger partial charge in [0.1, 0.15) is 0 Å². The topological polar surface area (TPSA) is 55.9 Å². The van der Waals surface area contributed by atoms with Crippen molar-refractivity contribution in [3.05, 3.63) is 41.1 Å². The van der Waals surface area contributed by atoms with E-state index < -0.39 is 0 Å². The molecule has 1 aromatic carbocycles. The van der Waals surface area contributed by atoms with Gasteiger partial charge in [0.25, 0.3) is 0 Å². The minimum absolute atomic E-state index is 0.611. The minimum Gasteiger partial charge on any atom is -0.381 e. The number of nitrogens with one attached hydrogen (secondary N) is 1. The van der Waals surface area contributed by atoms with Crippen LogP contribution in [0.25, 0.3) is 5.69 Å². The maximum atomic E-state index is 5.42. The molecule has 1 aromatic heterocycles. The Morgan fingerprint density at radius 2 is 2.19 bits per heavy atom. The SMILES string of the molecule is NCCNc1cnn(-c2ccccc2Br)c1. The predicted octanol–water partition coefficient (Wildman–Crippen LogP) is 2.01. The zero-order valence-electron chi connectivity index (χ0n) is 8.73. The third-order valence-electron chi connectivity index (χ3n) is 2.16. The second-order valence-electron chi connectivity index (χ2n) is 3.34. The van der Waals surface area contributed by atoms with Crippen LogP contribution in [0, 0.1) is 0 Å². The molecular formula is C11H13BrN4. The number of halogens is 1. The van der Waals surface area contributed by atoms with Crippen LogP contribution in [0.4, 0.5) is 5.69 Å². The van der Waals surface area contributed by atoms with E-state index in [-0.39, 0.29) is 0 Å². The Hall–Kier alpha value is -1.33. The first kappa shape index (κ1) is 11.2. The highest BCUT2D eigenvalue weighted by molar-refractivity contribution is 9.10. The summed E-state index contributed by atoms with van der Waals surface area (Å²) >= 11 is 3.49. The zero-order valence-corrected chi connectivity index (χ0v) is 10.3. The summed E-state index contributed by atoms with van der Waals surface area (Å²) in [5, 5.41) is 7.46. The smallest absolute Gasteiger partial charge is 0.0788 e. The number of aromatic nitrogens is 2. The molecule has 5 heteroatoms. The Labute approximate surface area is 103 Å². The van der Waals surface area contributed by atoms with Crippen LogP contribution in [-0.4, -0.2) is 22.9 Å². The minimum atomic E-state index is 0.611. The van der Waals surface area contributed by atoms with E-state index in [1.54, 1.807) is 6.20 Å². The maximum Gasteiger partial charge on any atom is 0.0788 e. The average molecular weight is 281 g/mol. The highest BCUT2D eigenvalue weighted by Gasteiger charge is 2.03. The standard InChI is InChI=1S/C11H13BrN4/c12-10-3-1-2-4-11(10)16-8-9(7-15-16)14-6-5-13/h1-4,7-8,14H,5-6,13H2. The Balaban J connectivity index is 2.22. The molecule has 3 N–H and O–H groups in total. The molecule has 2 rings (SSSR count). The number of benzene rings is 1. The average Bonchev–Trinajstić information content (AvgIpc) is 2.75. The van der Waals surface area contributed by atoms with E-state index in [1.807, 2.05) is 35.1 Å². The van der Waals surface area contributed by atoms with Crippen molar-refractivity contribution >= 4 is 21.6 Å². The Morgan fingerprint density at radius 3 is 2.94 bits per heavy atom. The number of nitrogens with zero attached hydrogens (tertiary/aromatic N) is 2. The van der Waals surface area contributed by atoms with Crippen molar-refractivity contribution in [2.24, 2.45) is 5.73 Å². The highest BCUT2D eigenvalue weighted by Crippen LogP contribution is 2.20. The highest BCUT2D eigenvalue weighted by atomic mass is 79.9. The van der Waals surface area contributed by atoms with Gasteiger partial charge in [-0.2, -0.15) is 5.10 Å². The fourth-order valence-corrected chi connectivity index (χ4v) is 1.87. The Kier molecular flexibility index (Phi) is 3.58. The number of hydrogen-bond acceptors (Lipinski definition) is 3. The van der Waals surface area contributed by atoms with Gasteiger partial charge in [0, 0.05) is 17.6 Å². The summed E-state index contributed by atoms with van der Waals surface area (Å²) in [6, 6.07) is 7.95. The van der Waals surface area contributed by atoms with Gasteiger partial charge in [0.2, 0.25) is 0 Å². The van der Waals surface area contributed by atoms with E-state index in [4.69, 9.17) is 5.73 Å². The third-order valence-corrected chi connectivity index (χ3v) is 2.83. The lowest BCUT2D eigenvalue weighted by atomic mass is 10.3. The van der Waals surface area contributed by atoms with E-state index in [9.17, 15) is 0 Å². The van der Waals surface area contributed by atoms with Crippen molar-refractivity contribution < 1.29 is 0 Å². The van der Waals surface area contributed by atoms with Crippen LogP contribution in [0.2, 0.25) is 0 Å².